The van der Waals surface area contributed by atoms with Gasteiger partial charge in [-0.25, -0.2) is 19.2 Å². The van der Waals surface area contributed by atoms with Crippen LogP contribution in [0.2, 0.25) is 0 Å². The minimum Gasteiger partial charge on any atom is -0.478 e. The Kier molecular flexibility index (Phi) is 8.08. The van der Waals surface area contributed by atoms with Crippen molar-refractivity contribution in [2.75, 3.05) is 20.3 Å². The summed E-state index contributed by atoms with van der Waals surface area (Å²) in [5, 5.41) is 8.51. The first-order chi connectivity index (χ1) is 9.36. The van der Waals surface area contributed by atoms with E-state index in [2.05, 4.69) is 14.2 Å². The second-order valence-electron chi connectivity index (χ2n) is 3.32. The van der Waals surface area contributed by atoms with E-state index in [4.69, 9.17) is 5.11 Å². The molecular weight excluding hydrogens is 272 g/mol. The summed E-state index contributed by atoms with van der Waals surface area (Å²) in [5.41, 5.74) is -0.173. The van der Waals surface area contributed by atoms with Crippen molar-refractivity contribution in [1.82, 2.24) is 0 Å². The second-order valence-corrected chi connectivity index (χ2v) is 3.32. The van der Waals surface area contributed by atoms with Crippen LogP contribution >= 0.6 is 0 Å². The zero-order chi connectivity index (χ0) is 15.5. The fourth-order valence-electron chi connectivity index (χ4n) is 0.817. The van der Waals surface area contributed by atoms with Crippen molar-refractivity contribution in [3.05, 3.63) is 23.8 Å². The molecule has 8 nitrogen and oxygen atoms in total. The molecule has 0 heterocycles. The Balaban J connectivity index is 3.92. The maximum atomic E-state index is 11.1. The van der Waals surface area contributed by atoms with Crippen LogP contribution in [0.25, 0.3) is 0 Å². The number of carboxylic acids is 1. The second kappa shape index (κ2) is 9.31. The third-order valence-electron chi connectivity index (χ3n) is 1.80. The van der Waals surface area contributed by atoms with Crippen molar-refractivity contribution in [2.24, 2.45) is 0 Å². The van der Waals surface area contributed by atoms with Crippen LogP contribution in [0, 0.1) is 0 Å². The van der Waals surface area contributed by atoms with E-state index in [1.165, 1.54) is 6.92 Å². The van der Waals surface area contributed by atoms with Crippen molar-refractivity contribution < 1.29 is 38.5 Å². The SMILES string of the molecule is COC(=O)/C=C/C(=O)OCCOC(=O)C=C(C)C(=O)O. The molecule has 0 bridgehead atoms. The van der Waals surface area contributed by atoms with Crippen molar-refractivity contribution in [2.45, 2.75) is 6.92 Å². The van der Waals surface area contributed by atoms with Crippen LogP contribution in [-0.2, 0) is 33.4 Å². The monoisotopic (exact) mass is 286 g/mol. The van der Waals surface area contributed by atoms with Crippen LogP contribution < -0.4 is 0 Å². The van der Waals surface area contributed by atoms with E-state index in [-0.39, 0.29) is 18.8 Å². The number of carbonyl (C=O) groups is 4. The standard InChI is InChI=1S/C12H14O8/c1-8(12(16)17)7-11(15)20-6-5-19-10(14)4-3-9(13)18-2/h3-4,7H,5-6H2,1-2H3,(H,16,17)/b4-3+,8-7?. The van der Waals surface area contributed by atoms with Gasteiger partial charge in [-0.05, 0) is 6.92 Å². The zero-order valence-corrected chi connectivity index (χ0v) is 11.0. The van der Waals surface area contributed by atoms with Gasteiger partial charge in [0.15, 0.2) is 0 Å². The summed E-state index contributed by atoms with van der Waals surface area (Å²) in [4.78, 5) is 43.2. The lowest BCUT2D eigenvalue weighted by atomic mass is 10.3. The van der Waals surface area contributed by atoms with Gasteiger partial charge >= 0.3 is 23.9 Å². The molecule has 0 fully saturated rings. The highest BCUT2D eigenvalue weighted by atomic mass is 16.6. The van der Waals surface area contributed by atoms with Gasteiger partial charge in [0.25, 0.3) is 0 Å². The molecule has 0 saturated heterocycles. The van der Waals surface area contributed by atoms with E-state index in [1.807, 2.05) is 0 Å². The zero-order valence-electron chi connectivity index (χ0n) is 11.0. The van der Waals surface area contributed by atoms with E-state index in [1.54, 1.807) is 0 Å². The summed E-state index contributed by atoms with van der Waals surface area (Å²) in [7, 11) is 1.16. The molecule has 8 heteroatoms. The molecule has 0 atom stereocenters. The first-order valence-electron chi connectivity index (χ1n) is 5.38. The summed E-state index contributed by atoms with van der Waals surface area (Å²) < 4.78 is 13.4. The van der Waals surface area contributed by atoms with Crippen LogP contribution in [0.4, 0.5) is 0 Å². The summed E-state index contributed by atoms with van der Waals surface area (Å²) in [6.45, 7) is 0.775. The number of hydrogen-bond acceptors (Lipinski definition) is 7. The predicted octanol–water partition coefficient (Wildman–Crippen LogP) is -0.167. The van der Waals surface area contributed by atoms with E-state index in [9.17, 15) is 19.2 Å². The van der Waals surface area contributed by atoms with Gasteiger partial charge in [-0.2, -0.15) is 0 Å². The molecule has 0 rings (SSSR count). The highest BCUT2D eigenvalue weighted by molar-refractivity contribution is 5.94. The lowest BCUT2D eigenvalue weighted by Gasteiger charge is -2.02. The molecule has 0 unspecified atom stereocenters. The number of carbonyl (C=O) groups excluding carboxylic acids is 3. The van der Waals surface area contributed by atoms with E-state index in [0.29, 0.717) is 0 Å². The van der Waals surface area contributed by atoms with Crippen molar-refractivity contribution in [3.63, 3.8) is 0 Å². The van der Waals surface area contributed by atoms with Crippen LogP contribution in [0.5, 0.6) is 0 Å². The first-order valence-corrected chi connectivity index (χ1v) is 5.38. The predicted molar refractivity (Wildman–Crippen MR) is 64.5 cm³/mol. The molecule has 110 valence electrons. The quantitative estimate of drug-likeness (QED) is 0.297. The van der Waals surface area contributed by atoms with Crippen LogP contribution in [0.15, 0.2) is 23.8 Å². The van der Waals surface area contributed by atoms with Gasteiger partial charge in [0, 0.05) is 23.8 Å². The van der Waals surface area contributed by atoms with E-state index in [0.717, 1.165) is 25.3 Å². The van der Waals surface area contributed by atoms with E-state index < -0.39 is 23.9 Å². The maximum absolute atomic E-state index is 11.1. The Labute approximate surface area is 114 Å². The molecular formula is C12H14O8. The lowest BCUT2D eigenvalue weighted by Crippen LogP contribution is -2.12. The molecule has 0 aliphatic heterocycles. The molecule has 0 radical (unpaired) electrons. The average molecular weight is 286 g/mol. The van der Waals surface area contributed by atoms with Gasteiger partial charge < -0.3 is 19.3 Å². The molecule has 0 spiro atoms. The Morgan fingerprint density at radius 2 is 1.45 bits per heavy atom. The molecule has 0 aliphatic rings. The smallest absolute Gasteiger partial charge is 0.331 e. The van der Waals surface area contributed by atoms with E-state index >= 15 is 0 Å². The lowest BCUT2D eigenvalue weighted by molar-refractivity contribution is -0.146. The van der Waals surface area contributed by atoms with Crippen molar-refractivity contribution >= 4 is 23.9 Å². The van der Waals surface area contributed by atoms with Crippen LogP contribution in [-0.4, -0.2) is 49.3 Å². The highest BCUT2D eigenvalue weighted by Crippen LogP contribution is 1.94. The number of methoxy groups -OCH3 is 1. The third kappa shape index (κ3) is 8.45. The largest absolute Gasteiger partial charge is 0.478 e. The Morgan fingerprint density at radius 3 is 1.95 bits per heavy atom. The summed E-state index contributed by atoms with van der Waals surface area (Å²) in [6, 6.07) is 0. The Morgan fingerprint density at radius 1 is 0.950 bits per heavy atom. The van der Waals surface area contributed by atoms with Crippen LogP contribution in [0.3, 0.4) is 0 Å². The average Bonchev–Trinajstić information content (AvgIpc) is 2.40. The van der Waals surface area contributed by atoms with Gasteiger partial charge in [-0.3, -0.25) is 0 Å². The summed E-state index contributed by atoms with van der Waals surface area (Å²) in [6.07, 6.45) is 2.55. The minimum atomic E-state index is -1.23. The molecule has 20 heavy (non-hydrogen) atoms. The Bertz CT molecular complexity index is 446. The number of hydrogen-bond donors (Lipinski definition) is 1. The van der Waals surface area contributed by atoms with Gasteiger partial charge in [-0.15, -0.1) is 0 Å². The highest BCUT2D eigenvalue weighted by Gasteiger charge is 2.05. The third-order valence-corrected chi connectivity index (χ3v) is 1.80. The topological polar surface area (TPSA) is 116 Å². The fourth-order valence-corrected chi connectivity index (χ4v) is 0.817. The van der Waals surface area contributed by atoms with Crippen LogP contribution in [0.1, 0.15) is 6.92 Å². The van der Waals surface area contributed by atoms with Gasteiger partial charge in [0.1, 0.15) is 13.2 Å². The first kappa shape index (κ1) is 17.4. The molecule has 0 saturated carbocycles. The minimum absolute atomic E-state index is 0.173. The van der Waals surface area contributed by atoms with Gasteiger partial charge in [-0.1, -0.05) is 0 Å². The van der Waals surface area contributed by atoms with Gasteiger partial charge in [0.2, 0.25) is 0 Å². The molecule has 0 amide bonds. The molecule has 0 aromatic rings. The van der Waals surface area contributed by atoms with Crippen molar-refractivity contribution in [1.29, 1.82) is 0 Å². The van der Waals surface area contributed by atoms with Crippen molar-refractivity contribution in [3.8, 4) is 0 Å². The molecule has 0 aromatic carbocycles. The normalized spacial score (nSPS) is 11.0. The molecule has 0 aromatic heterocycles. The van der Waals surface area contributed by atoms with Gasteiger partial charge in [0.05, 0.1) is 7.11 Å². The number of carboxylic acid groups (broad SMARTS) is 1. The maximum Gasteiger partial charge on any atom is 0.331 e. The summed E-state index contributed by atoms with van der Waals surface area (Å²) in [5.74, 6) is -3.60. The number of rotatable bonds is 7. The molecule has 0 aliphatic carbocycles. The number of aliphatic carboxylic acids is 1. The summed E-state index contributed by atoms with van der Waals surface area (Å²) >= 11 is 0. The number of ether oxygens (including phenoxy) is 3. The molecule has 1 N–H and O–H groups in total. The Hall–Kier alpha value is -2.64. The fraction of sp³-hybridized carbons (Fsp3) is 0.333. The number of esters is 3.